The van der Waals surface area contributed by atoms with Crippen LogP contribution >= 0.6 is 24.2 Å². The van der Waals surface area contributed by atoms with Crippen molar-refractivity contribution in [3.05, 3.63) is 46.2 Å². The van der Waals surface area contributed by atoms with Crippen molar-refractivity contribution in [1.82, 2.24) is 15.6 Å². The van der Waals surface area contributed by atoms with Crippen LogP contribution in [0.15, 0.2) is 24.4 Å². The number of nitrogens with zero attached hydrogens (tertiary/aromatic N) is 1. The van der Waals surface area contributed by atoms with Gasteiger partial charge in [-0.15, -0.1) is 12.6 Å². The Hall–Kier alpha value is -2.32. The van der Waals surface area contributed by atoms with Gasteiger partial charge in [-0.1, -0.05) is 17.7 Å². The van der Waals surface area contributed by atoms with E-state index in [1.54, 1.807) is 18.3 Å². The highest BCUT2D eigenvalue weighted by Gasteiger charge is 2.31. The molecule has 2 aromatic rings. The number of fused-ring (bicyclic) bond motifs is 1. The molecule has 7 nitrogen and oxygen atoms in total. The monoisotopic (exact) mass is 380 g/mol. The van der Waals surface area contributed by atoms with Gasteiger partial charge in [0.1, 0.15) is 11.2 Å². The molecule has 9 heteroatoms. The van der Waals surface area contributed by atoms with Gasteiger partial charge in [0, 0.05) is 19.8 Å². The zero-order valence-corrected chi connectivity index (χ0v) is 15.2. The number of halogens is 1. The maximum Gasteiger partial charge on any atom is 0.412 e. The first kappa shape index (κ1) is 17.5. The van der Waals surface area contributed by atoms with Gasteiger partial charge in [0.2, 0.25) is 0 Å². The number of aryl methyl sites for hydroxylation is 1. The predicted octanol–water partition coefficient (Wildman–Crippen LogP) is 2.66. The fourth-order valence-corrected chi connectivity index (χ4v) is 3.16. The molecule has 1 aromatic heterocycles. The van der Waals surface area contributed by atoms with E-state index in [2.05, 4.69) is 28.2 Å². The number of hydrogen-bond acceptors (Lipinski definition) is 5. The molecule has 0 fully saturated rings. The summed E-state index contributed by atoms with van der Waals surface area (Å²) in [6.07, 6.45) is 1.19. The maximum absolute atomic E-state index is 12.1. The number of H-pyrrole nitrogens is 1. The largest absolute Gasteiger partial charge is 0.412 e. The Balaban J connectivity index is 1.90. The molecule has 1 aromatic carbocycles. The Bertz CT molecular complexity index is 839. The molecule has 1 aliphatic rings. The summed E-state index contributed by atoms with van der Waals surface area (Å²) in [7, 11) is 1.47. The fourth-order valence-electron chi connectivity index (χ4n) is 2.68. The van der Waals surface area contributed by atoms with Crippen molar-refractivity contribution in [2.45, 2.75) is 19.0 Å². The number of benzene rings is 1. The number of aromatic nitrogens is 1. The first-order valence-corrected chi connectivity index (χ1v) is 8.41. The van der Waals surface area contributed by atoms with Crippen LogP contribution in [0.1, 0.15) is 21.6 Å². The molecule has 132 valence electrons. The third-order valence-electron chi connectivity index (χ3n) is 3.87. The Labute approximate surface area is 155 Å². The van der Waals surface area contributed by atoms with Crippen molar-refractivity contribution >= 4 is 41.9 Å². The molecule has 1 unspecified atom stereocenters. The van der Waals surface area contributed by atoms with Crippen LogP contribution in [0.25, 0.3) is 0 Å². The fraction of sp³-hybridized carbons (Fsp3) is 0.250. The number of amides is 2. The smallest absolute Gasteiger partial charge is 0.409 e. The normalized spacial score (nSPS) is 16.2. The number of rotatable bonds is 3. The molecule has 3 rings (SSSR count). The van der Waals surface area contributed by atoms with Crippen LogP contribution in [0.4, 0.5) is 10.5 Å². The Kier molecular flexibility index (Phi) is 4.82. The summed E-state index contributed by atoms with van der Waals surface area (Å²) in [5, 5.41) is 5.49. The van der Waals surface area contributed by atoms with Crippen molar-refractivity contribution in [1.29, 1.82) is 0 Å². The second-order valence-electron chi connectivity index (χ2n) is 5.57. The number of anilines is 1. The van der Waals surface area contributed by atoms with Gasteiger partial charge in [0.15, 0.2) is 5.75 Å². The molecule has 0 saturated heterocycles. The van der Waals surface area contributed by atoms with E-state index in [9.17, 15) is 9.59 Å². The second kappa shape index (κ2) is 6.89. The molecule has 2 amide bonds. The molecule has 3 N–H and O–H groups in total. The summed E-state index contributed by atoms with van der Waals surface area (Å²) >= 11 is 10.5. The third kappa shape index (κ3) is 3.40. The minimum absolute atomic E-state index is 0.195. The maximum atomic E-state index is 12.1. The molecule has 25 heavy (non-hydrogen) atoms. The van der Waals surface area contributed by atoms with E-state index in [-0.39, 0.29) is 11.7 Å². The number of aromatic amines is 1. The van der Waals surface area contributed by atoms with E-state index < -0.39 is 11.6 Å². The summed E-state index contributed by atoms with van der Waals surface area (Å²) < 4.78 is 5.15. The standard InChI is InChI=1S/C16H17ClN4O3S/c1-8-6-19-12-13(8)21(15(25)20-14(12)22)7-9-3-4-10(17)11(5-9)24-16(23)18-2/h3-6,15,19,25H,7H2,1-2H3,(H,18,23)(H,20,22). The van der Waals surface area contributed by atoms with Gasteiger partial charge in [-0.25, -0.2) is 4.79 Å². The van der Waals surface area contributed by atoms with Crippen LogP contribution in [0, 0.1) is 6.92 Å². The lowest BCUT2D eigenvalue weighted by molar-refractivity contribution is 0.0938. The zero-order valence-electron chi connectivity index (χ0n) is 13.6. The van der Waals surface area contributed by atoms with Crippen molar-refractivity contribution in [3.63, 3.8) is 0 Å². The molecule has 0 spiro atoms. The first-order valence-electron chi connectivity index (χ1n) is 7.52. The van der Waals surface area contributed by atoms with Crippen molar-refractivity contribution in [3.8, 4) is 5.75 Å². The predicted molar refractivity (Wildman–Crippen MR) is 98.5 cm³/mol. The van der Waals surface area contributed by atoms with Gasteiger partial charge in [-0.2, -0.15) is 0 Å². The number of hydrogen-bond donors (Lipinski definition) is 4. The van der Waals surface area contributed by atoms with Gasteiger partial charge in [-0.05, 0) is 30.2 Å². The van der Waals surface area contributed by atoms with Gasteiger partial charge >= 0.3 is 6.09 Å². The molecule has 1 aliphatic heterocycles. The van der Waals surface area contributed by atoms with Crippen LogP contribution in [0.3, 0.4) is 0 Å². The molecular weight excluding hydrogens is 364 g/mol. The van der Waals surface area contributed by atoms with Gasteiger partial charge < -0.3 is 25.3 Å². The van der Waals surface area contributed by atoms with Crippen LogP contribution in [-0.4, -0.2) is 29.5 Å². The summed E-state index contributed by atoms with van der Waals surface area (Å²) in [6.45, 7) is 2.37. The lowest BCUT2D eigenvalue weighted by atomic mass is 10.1. The van der Waals surface area contributed by atoms with Gasteiger partial charge in [0.25, 0.3) is 5.91 Å². The van der Waals surface area contributed by atoms with E-state index in [0.29, 0.717) is 17.3 Å². The Morgan fingerprint density at radius 1 is 1.48 bits per heavy atom. The van der Waals surface area contributed by atoms with Crippen molar-refractivity contribution in [2.24, 2.45) is 0 Å². The summed E-state index contributed by atoms with van der Waals surface area (Å²) in [5.74, 6) is 0.0698. The average molecular weight is 381 g/mol. The zero-order chi connectivity index (χ0) is 18.1. The highest BCUT2D eigenvalue weighted by Crippen LogP contribution is 2.33. The average Bonchev–Trinajstić information content (AvgIpc) is 2.96. The SMILES string of the molecule is CNC(=O)Oc1cc(CN2c3c(C)c[nH]c3C(=O)NC2S)ccc1Cl. The topological polar surface area (TPSA) is 86.5 Å². The minimum atomic E-state index is -0.597. The van der Waals surface area contributed by atoms with E-state index in [4.69, 9.17) is 16.3 Å². The Morgan fingerprint density at radius 3 is 2.96 bits per heavy atom. The lowest BCUT2D eigenvalue weighted by Crippen LogP contribution is -2.49. The molecule has 0 aliphatic carbocycles. The molecule has 0 bridgehead atoms. The van der Waals surface area contributed by atoms with Crippen LogP contribution in [0.5, 0.6) is 5.75 Å². The molecule has 1 atom stereocenters. The number of ether oxygens (including phenoxy) is 1. The Morgan fingerprint density at radius 2 is 2.24 bits per heavy atom. The number of carbonyl (C=O) groups is 2. The minimum Gasteiger partial charge on any atom is -0.409 e. The third-order valence-corrected chi connectivity index (χ3v) is 4.59. The molecule has 0 saturated carbocycles. The highest BCUT2D eigenvalue weighted by atomic mass is 35.5. The van der Waals surface area contributed by atoms with E-state index in [1.807, 2.05) is 17.9 Å². The van der Waals surface area contributed by atoms with Crippen molar-refractivity contribution < 1.29 is 14.3 Å². The van der Waals surface area contributed by atoms with Crippen LogP contribution in [0.2, 0.25) is 5.02 Å². The first-order chi connectivity index (χ1) is 11.9. The second-order valence-corrected chi connectivity index (χ2v) is 6.47. The van der Waals surface area contributed by atoms with Gasteiger partial charge in [-0.3, -0.25) is 4.79 Å². The lowest BCUT2D eigenvalue weighted by Gasteiger charge is -2.35. The summed E-state index contributed by atoms with van der Waals surface area (Å²) in [6, 6.07) is 5.18. The summed E-state index contributed by atoms with van der Waals surface area (Å²) in [4.78, 5) is 28.4. The van der Waals surface area contributed by atoms with Crippen molar-refractivity contribution in [2.75, 3.05) is 11.9 Å². The number of carbonyl (C=O) groups excluding carboxylic acids is 2. The molecule has 0 radical (unpaired) electrons. The van der Waals surface area contributed by atoms with E-state index in [1.165, 1.54) is 7.05 Å². The van der Waals surface area contributed by atoms with E-state index >= 15 is 0 Å². The summed E-state index contributed by atoms with van der Waals surface area (Å²) in [5.41, 5.74) is 2.62. The number of nitrogens with one attached hydrogen (secondary N) is 3. The van der Waals surface area contributed by atoms with Gasteiger partial charge in [0.05, 0.1) is 10.7 Å². The quantitative estimate of drug-likeness (QED) is 0.617. The van der Waals surface area contributed by atoms with Crippen LogP contribution < -0.4 is 20.3 Å². The molecular formula is C16H17ClN4O3S. The highest BCUT2D eigenvalue weighted by molar-refractivity contribution is 7.81. The molecule has 2 heterocycles. The number of thiol groups is 1. The van der Waals surface area contributed by atoms with Crippen LogP contribution in [-0.2, 0) is 6.54 Å². The van der Waals surface area contributed by atoms with E-state index in [0.717, 1.165) is 16.8 Å².